The van der Waals surface area contributed by atoms with Crippen LogP contribution < -0.4 is 15.8 Å². The number of amides is 2. The van der Waals surface area contributed by atoms with E-state index >= 15 is 0 Å². The molecule has 0 saturated carbocycles. The number of hydrogen-bond acceptors (Lipinski definition) is 3. The summed E-state index contributed by atoms with van der Waals surface area (Å²) in [6.07, 6.45) is 0. The maximum atomic E-state index is 13.3. The predicted molar refractivity (Wildman–Crippen MR) is 93.0 cm³/mol. The van der Waals surface area contributed by atoms with Crippen LogP contribution in [0, 0.1) is 5.82 Å². The molecule has 2 amide bonds. The van der Waals surface area contributed by atoms with Crippen molar-refractivity contribution >= 4 is 28.3 Å². The molecule has 6 heteroatoms. The molecule has 3 rings (SSSR count). The van der Waals surface area contributed by atoms with E-state index in [1.807, 2.05) is 0 Å². The fourth-order valence-electron chi connectivity index (χ4n) is 2.51. The molecule has 0 aliphatic heterocycles. The third-order valence-electron chi connectivity index (χ3n) is 3.58. The van der Waals surface area contributed by atoms with Gasteiger partial charge in [0.15, 0.2) is 6.61 Å². The standard InChI is InChI=1S/C19H15FN2O3/c20-12-4-3-5-13(10-12)22-19(24)16-8-9-17(25-11-18(21)23)15-7-2-1-6-14(15)16/h1-10H,11H2,(H2,21,23)(H,22,24). The van der Waals surface area contributed by atoms with Crippen LogP contribution in [0.15, 0.2) is 60.7 Å². The van der Waals surface area contributed by atoms with E-state index in [1.165, 1.54) is 18.2 Å². The van der Waals surface area contributed by atoms with Gasteiger partial charge in [-0.2, -0.15) is 0 Å². The van der Waals surface area contributed by atoms with Crippen molar-refractivity contribution in [3.8, 4) is 5.75 Å². The molecule has 25 heavy (non-hydrogen) atoms. The minimum atomic E-state index is -0.586. The van der Waals surface area contributed by atoms with Crippen molar-refractivity contribution in [2.75, 3.05) is 11.9 Å². The molecule has 0 heterocycles. The average molecular weight is 338 g/mol. The third kappa shape index (κ3) is 3.74. The summed E-state index contributed by atoms with van der Waals surface area (Å²) in [6, 6.07) is 16.0. The van der Waals surface area contributed by atoms with Crippen LogP contribution >= 0.6 is 0 Å². The highest BCUT2D eigenvalue weighted by molar-refractivity contribution is 6.14. The first-order chi connectivity index (χ1) is 12.0. The highest BCUT2D eigenvalue weighted by Gasteiger charge is 2.14. The molecule has 0 spiro atoms. The summed E-state index contributed by atoms with van der Waals surface area (Å²) in [5.41, 5.74) is 5.87. The van der Waals surface area contributed by atoms with Crippen molar-refractivity contribution < 1.29 is 18.7 Å². The number of primary amides is 1. The maximum Gasteiger partial charge on any atom is 0.256 e. The fourth-order valence-corrected chi connectivity index (χ4v) is 2.51. The summed E-state index contributed by atoms with van der Waals surface area (Å²) >= 11 is 0. The number of anilines is 1. The van der Waals surface area contributed by atoms with E-state index in [-0.39, 0.29) is 12.5 Å². The van der Waals surface area contributed by atoms with Crippen molar-refractivity contribution in [1.29, 1.82) is 0 Å². The zero-order valence-electron chi connectivity index (χ0n) is 13.2. The normalized spacial score (nSPS) is 10.4. The van der Waals surface area contributed by atoms with Crippen LogP contribution in [0.25, 0.3) is 10.8 Å². The lowest BCUT2D eigenvalue weighted by Crippen LogP contribution is -2.20. The van der Waals surface area contributed by atoms with Gasteiger partial charge in [-0.25, -0.2) is 4.39 Å². The zero-order valence-corrected chi connectivity index (χ0v) is 13.2. The topological polar surface area (TPSA) is 81.4 Å². The Morgan fingerprint density at radius 2 is 1.76 bits per heavy atom. The number of carbonyl (C=O) groups is 2. The van der Waals surface area contributed by atoms with Gasteiger partial charge >= 0.3 is 0 Å². The average Bonchev–Trinajstić information content (AvgIpc) is 2.59. The minimum Gasteiger partial charge on any atom is -0.483 e. The molecule has 0 aliphatic rings. The fraction of sp³-hybridized carbons (Fsp3) is 0.0526. The Hall–Kier alpha value is -3.41. The van der Waals surface area contributed by atoms with Crippen LogP contribution in [-0.2, 0) is 4.79 Å². The van der Waals surface area contributed by atoms with Crippen molar-refractivity contribution in [2.45, 2.75) is 0 Å². The highest BCUT2D eigenvalue weighted by atomic mass is 19.1. The van der Waals surface area contributed by atoms with Crippen LogP contribution in [0.4, 0.5) is 10.1 Å². The number of carbonyl (C=O) groups excluding carboxylic acids is 2. The Morgan fingerprint density at radius 1 is 1.00 bits per heavy atom. The molecule has 0 saturated heterocycles. The first kappa shape index (κ1) is 16.4. The number of hydrogen-bond donors (Lipinski definition) is 2. The molecule has 0 bridgehead atoms. The van der Waals surface area contributed by atoms with Crippen LogP contribution in [0.2, 0.25) is 0 Å². The van der Waals surface area contributed by atoms with Crippen molar-refractivity contribution in [3.63, 3.8) is 0 Å². The van der Waals surface area contributed by atoms with E-state index in [4.69, 9.17) is 10.5 Å². The van der Waals surface area contributed by atoms with Gasteiger partial charge in [0.2, 0.25) is 0 Å². The number of fused-ring (bicyclic) bond motifs is 1. The molecule has 0 atom stereocenters. The molecule has 3 aromatic rings. The molecule has 126 valence electrons. The van der Waals surface area contributed by atoms with E-state index in [2.05, 4.69) is 5.32 Å². The Bertz CT molecular complexity index is 956. The monoisotopic (exact) mass is 338 g/mol. The number of ether oxygens (including phenoxy) is 1. The van der Waals surface area contributed by atoms with Crippen LogP contribution in [-0.4, -0.2) is 18.4 Å². The van der Waals surface area contributed by atoms with Crippen molar-refractivity contribution in [2.24, 2.45) is 5.73 Å². The van der Waals surface area contributed by atoms with E-state index in [0.29, 0.717) is 27.8 Å². The second-order valence-electron chi connectivity index (χ2n) is 5.38. The molecule has 0 fully saturated rings. The first-order valence-corrected chi connectivity index (χ1v) is 7.54. The Balaban J connectivity index is 1.95. The third-order valence-corrected chi connectivity index (χ3v) is 3.58. The summed E-state index contributed by atoms with van der Waals surface area (Å²) in [5, 5.41) is 3.99. The zero-order chi connectivity index (χ0) is 17.8. The van der Waals surface area contributed by atoms with Gasteiger partial charge in [-0.15, -0.1) is 0 Å². The van der Waals surface area contributed by atoms with Gasteiger partial charge in [0.25, 0.3) is 11.8 Å². The second kappa shape index (κ2) is 7.00. The molecule has 3 N–H and O–H groups in total. The lowest BCUT2D eigenvalue weighted by molar-refractivity contribution is -0.119. The van der Waals surface area contributed by atoms with E-state index in [1.54, 1.807) is 42.5 Å². The number of nitrogens with one attached hydrogen (secondary N) is 1. The number of benzene rings is 3. The van der Waals surface area contributed by atoms with E-state index in [9.17, 15) is 14.0 Å². The summed E-state index contributed by atoms with van der Waals surface area (Å²) in [4.78, 5) is 23.5. The largest absolute Gasteiger partial charge is 0.483 e. The van der Waals surface area contributed by atoms with Crippen molar-refractivity contribution in [3.05, 3.63) is 72.0 Å². The SMILES string of the molecule is NC(=O)COc1ccc(C(=O)Nc2cccc(F)c2)c2ccccc12. The number of rotatable bonds is 5. The first-order valence-electron chi connectivity index (χ1n) is 7.54. The molecule has 0 aliphatic carbocycles. The Morgan fingerprint density at radius 3 is 2.48 bits per heavy atom. The highest BCUT2D eigenvalue weighted by Crippen LogP contribution is 2.29. The minimum absolute atomic E-state index is 0.251. The number of nitrogens with two attached hydrogens (primary N) is 1. The summed E-state index contributed by atoms with van der Waals surface area (Å²) in [7, 11) is 0. The molecule has 3 aromatic carbocycles. The Kier molecular flexibility index (Phi) is 4.61. The van der Waals surface area contributed by atoms with Crippen LogP contribution in [0.1, 0.15) is 10.4 Å². The van der Waals surface area contributed by atoms with Gasteiger partial charge in [-0.3, -0.25) is 9.59 Å². The van der Waals surface area contributed by atoms with Gasteiger partial charge in [0.1, 0.15) is 11.6 Å². The van der Waals surface area contributed by atoms with Crippen LogP contribution in [0.3, 0.4) is 0 Å². The molecule has 0 aromatic heterocycles. The predicted octanol–water partition coefficient (Wildman–Crippen LogP) is 3.10. The van der Waals surface area contributed by atoms with Crippen LogP contribution in [0.5, 0.6) is 5.75 Å². The van der Waals surface area contributed by atoms with Gasteiger partial charge in [0, 0.05) is 16.6 Å². The van der Waals surface area contributed by atoms with Gasteiger partial charge in [-0.1, -0.05) is 30.3 Å². The van der Waals surface area contributed by atoms with Gasteiger partial charge in [0.05, 0.1) is 0 Å². The molecule has 5 nitrogen and oxygen atoms in total. The van der Waals surface area contributed by atoms with Gasteiger partial charge < -0.3 is 15.8 Å². The summed E-state index contributed by atoms with van der Waals surface area (Å²) in [6.45, 7) is -0.251. The number of halogens is 1. The maximum absolute atomic E-state index is 13.3. The molecular weight excluding hydrogens is 323 g/mol. The summed E-state index contributed by atoms with van der Waals surface area (Å²) in [5.74, 6) is -0.935. The molecule has 0 radical (unpaired) electrons. The van der Waals surface area contributed by atoms with Gasteiger partial charge in [-0.05, 0) is 35.7 Å². The molecule has 0 unspecified atom stereocenters. The molecular formula is C19H15FN2O3. The quantitative estimate of drug-likeness (QED) is 0.750. The summed E-state index contributed by atoms with van der Waals surface area (Å²) < 4.78 is 18.7. The lowest BCUT2D eigenvalue weighted by Gasteiger charge is -2.12. The van der Waals surface area contributed by atoms with Crippen molar-refractivity contribution in [1.82, 2.24) is 0 Å². The van der Waals surface area contributed by atoms with E-state index in [0.717, 1.165) is 0 Å². The van der Waals surface area contributed by atoms with E-state index < -0.39 is 11.7 Å². The second-order valence-corrected chi connectivity index (χ2v) is 5.38. The smallest absolute Gasteiger partial charge is 0.256 e. The Labute approximate surface area is 143 Å². The lowest BCUT2D eigenvalue weighted by atomic mass is 10.0.